The fourth-order valence-electron chi connectivity index (χ4n) is 3.47. The first-order chi connectivity index (χ1) is 14.0. The van der Waals surface area contributed by atoms with Crippen LogP contribution in [0.5, 0.6) is 5.75 Å². The van der Waals surface area contributed by atoms with Gasteiger partial charge < -0.3 is 4.74 Å². The van der Waals surface area contributed by atoms with Gasteiger partial charge in [-0.3, -0.25) is 0 Å². The molecule has 1 aliphatic rings. The number of methoxy groups -OCH3 is 1. The zero-order valence-electron chi connectivity index (χ0n) is 15.9. The number of piperidine rings is 1. The minimum absolute atomic E-state index is 0.233. The van der Waals surface area contributed by atoms with Gasteiger partial charge in [0.25, 0.3) is 0 Å². The van der Waals surface area contributed by atoms with Crippen LogP contribution in [0.15, 0.2) is 58.8 Å². The third-order valence-corrected chi connectivity index (χ3v) is 8.08. The topological polar surface area (TPSA) is 59.5 Å². The highest BCUT2D eigenvalue weighted by Crippen LogP contribution is 2.34. The molecule has 0 bridgehead atoms. The number of ether oxygens (including phenoxy) is 1. The normalized spacial score (nSPS) is 16.1. The van der Waals surface area contributed by atoms with Gasteiger partial charge in [0.15, 0.2) is 0 Å². The van der Waals surface area contributed by atoms with E-state index in [1.165, 1.54) is 12.1 Å². The van der Waals surface area contributed by atoms with E-state index in [-0.39, 0.29) is 16.6 Å². The summed E-state index contributed by atoms with van der Waals surface area (Å²) >= 11 is 1.58. The maximum Gasteiger partial charge on any atom is 0.243 e. The molecule has 1 saturated heterocycles. The van der Waals surface area contributed by atoms with Crippen molar-refractivity contribution in [3.05, 3.63) is 64.7 Å². The van der Waals surface area contributed by atoms with Gasteiger partial charge in [-0.15, -0.1) is 11.3 Å². The van der Waals surface area contributed by atoms with Crippen molar-refractivity contribution >= 4 is 21.4 Å². The number of nitrogens with zero attached hydrogens (tertiary/aromatic N) is 2. The number of halogens is 1. The van der Waals surface area contributed by atoms with Crippen molar-refractivity contribution < 1.29 is 17.5 Å². The summed E-state index contributed by atoms with van der Waals surface area (Å²) < 4.78 is 45.5. The highest BCUT2D eigenvalue weighted by Gasteiger charge is 2.31. The molecule has 0 spiro atoms. The summed E-state index contributed by atoms with van der Waals surface area (Å²) in [6, 6.07) is 12.8. The molecular formula is C21H21FN2O3S2. The van der Waals surface area contributed by atoms with Gasteiger partial charge in [-0.2, -0.15) is 4.31 Å². The van der Waals surface area contributed by atoms with E-state index >= 15 is 0 Å². The summed E-state index contributed by atoms with van der Waals surface area (Å²) in [5, 5.41) is 2.98. The van der Waals surface area contributed by atoms with Crippen LogP contribution >= 0.6 is 11.3 Å². The largest absolute Gasteiger partial charge is 0.497 e. The number of benzene rings is 2. The molecule has 3 aromatic rings. The third kappa shape index (κ3) is 4.19. The Morgan fingerprint density at radius 1 is 1.07 bits per heavy atom. The molecule has 4 rings (SSSR count). The lowest BCUT2D eigenvalue weighted by Gasteiger charge is -2.30. The minimum atomic E-state index is -3.51. The first-order valence-corrected chi connectivity index (χ1v) is 11.6. The summed E-state index contributed by atoms with van der Waals surface area (Å²) in [6.07, 6.45) is 1.46. The maximum atomic E-state index is 13.1. The third-order valence-electron chi connectivity index (χ3n) is 5.16. The van der Waals surface area contributed by atoms with Crippen LogP contribution in [0.4, 0.5) is 4.39 Å². The molecule has 0 atom stereocenters. The molecule has 0 amide bonds. The summed E-state index contributed by atoms with van der Waals surface area (Å²) in [6.45, 7) is 0.926. The Morgan fingerprint density at radius 2 is 1.72 bits per heavy atom. The Labute approximate surface area is 173 Å². The lowest BCUT2D eigenvalue weighted by Crippen LogP contribution is -2.37. The molecule has 5 nitrogen and oxygen atoms in total. The van der Waals surface area contributed by atoms with E-state index < -0.39 is 10.0 Å². The van der Waals surface area contributed by atoms with Crippen LogP contribution in [0.1, 0.15) is 23.8 Å². The molecule has 0 radical (unpaired) electrons. The van der Waals surface area contributed by atoms with Gasteiger partial charge in [-0.25, -0.2) is 17.8 Å². The van der Waals surface area contributed by atoms with Crippen LogP contribution < -0.4 is 4.74 Å². The Kier molecular flexibility index (Phi) is 5.67. The molecule has 0 aliphatic carbocycles. The predicted octanol–water partition coefficient (Wildman–Crippen LogP) is 4.53. The standard InChI is InChI=1S/C21H21FN2O3S2/c1-27-18-6-8-19(9-7-18)29(25,26)24-12-10-16(11-13-24)21-23-20(14-28-21)15-2-4-17(22)5-3-15/h2-9,14,16H,10-13H2,1H3. The van der Waals surface area contributed by atoms with Gasteiger partial charge in [0.2, 0.25) is 10.0 Å². The van der Waals surface area contributed by atoms with E-state index in [4.69, 9.17) is 9.72 Å². The van der Waals surface area contributed by atoms with Crippen molar-refractivity contribution in [2.45, 2.75) is 23.7 Å². The zero-order valence-corrected chi connectivity index (χ0v) is 17.5. The lowest BCUT2D eigenvalue weighted by molar-refractivity contribution is 0.319. The average molecular weight is 433 g/mol. The van der Waals surface area contributed by atoms with E-state index in [0.29, 0.717) is 18.8 Å². The van der Waals surface area contributed by atoms with Crippen LogP contribution in [0.2, 0.25) is 0 Å². The Balaban J connectivity index is 1.43. The number of aromatic nitrogens is 1. The number of thiazole rings is 1. The molecule has 29 heavy (non-hydrogen) atoms. The van der Waals surface area contributed by atoms with Crippen molar-refractivity contribution in [1.29, 1.82) is 0 Å². The monoisotopic (exact) mass is 432 g/mol. The highest BCUT2D eigenvalue weighted by atomic mass is 32.2. The number of hydrogen-bond donors (Lipinski definition) is 0. The zero-order chi connectivity index (χ0) is 20.4. The van der Waals surface area contributed by atoms with E-state index in [1.54, 1.807) is 59.2 Å². The number of hydrogen-bond acceptors (Lipinski definition) is 5. The molecule has 0 N–H and O–H groups in total. The van der Waals surface area contributed by atoms with Crippen molar-refractivity contribution in [2.75, 3.05) is 20.2 Å². The maximum absolute atomic E-state index is 13.1. The molecule has 1 aromatic heterocycles. The van der Waals surface area contributed by atoms with Crippen molar-refractivity contribution in [3.63, 3.8) is 0 Å². The van der Waals surface area contributed by atoms with Crippen LogP contribution in [0, 0.1) is 5.82 Å². The van der Waals surface area contributed by atoms with Crippen molar-refractivity contribution in [3.8, 4) is 17.0 Å². The Bertz CT molecular complexity index is 1070. The predicted molar refractivity (Wildman–Crippen MR) is 111 cm³/mol. The number of rotatable bonds is 5. The fourth-order valence-corrected chi connectivity index (χ4v) is 5.94. The van der Waals surface area contributed by atoms with Crippen LogP contribution in [-0.4, -0.2) is 37.9 Å². The minimum Gasteiger partial charge on any atom is -0.497 e. The molecule has 8 heteroatoms. The van der Waals surface area contributed by atoms with Crippen LogP contribution in [-0.2, 0) is 10.0 Å². The van der Waals surface area contributed by atoms with Crippen LogP contribution in [0.25, 0.3) is 11.3 Å². The van der Waals surface area contributed by atoms with Gasteiger partial charge in [0.1, 0.15) is 11.6 Å². The van der Waals surface area contributed by atoms with Crippen LogP contribution in [0.3, 0.4) is 0 Å². The molecule has 2 aromatic carbocycles. The second-order valence-electron chi connectivity index (χ2n) is 6.93. The fraction of sp³-hybridized carbons (Fsp3) is 0.286. The molecular weight excluding hydrogens is 411 g/mol. The molecule has 1 aliphatic heterocycles. The van der Waals surface area contributed by atoms with E-state index in [1.807, 2.05) is 5.38 Å². The second-order valence-corrected chi connectivity index (χ2v) is 9.76. The van der Waals surface area contributed by atoms with Crippen molar-refractivity contribution in [2.24, 2.45) is 0 Å². The van der Waals surface area contributed by atoms with Gasteiger partial charge >= 0.3 is 0 Å². The Morgan fingerprint density at radius 3 is 2.34 bits per heavy atom. The Hall–Kier alpha value is -2.29. The summed E-state index contributed by atoms with van der Waals surface area (Å²) in [4.78, 5) is 4.99. The first-order valence-electron chi connectivity index (χ1n) is 9.33. The summed E-state index contributed by atoms with van der Waals surface area (Å²) in [7, 11) is -1.96. The summed E-state index contributed by atoms with van der Waals surface area (Å²) in [5.74, 6) is 0.592. The molecule has 152 valence electrons. The SMILES string of the molecule is COc1ccc(S(=O)(=O)N2CCC(c3nc(-c4ccc(F)cc4)cs3)CC2)cc1. The van der Waals surface area contributed by atoms with E-state index in [2.05, 4.69) is 0 Å². The number of sulfonamides is 1. The van der Waals surface area contributed by atoms with Crippen molar-refractivity contribution in [1.82, 2.24) is 9.29 Å². The first kappa shape index (κ1) is 20.0. The highest BCUT2D eigenvalue weighted by molar-refractivity contribution is 7.89. The molecule has 1 fully saturated rings. The quantitative estimate of drug-likeness (QED) is 0.595. The molecule has 0 unspecified atom stereocenters. The smallest absolute Gasteiger partial charge is 0.243 e. The average Bonchev–Trinajstić information content (AvgIpc) is 3.24. The van der Waals surface area contributed by atoms with E-state index in [0.717, 1.165) is 29.1 Å². The molecule has 2 heterocycles. The molecule has 0 saturated carbocycles. The lowest BCUT2D eigenvalue weighted by atomic mass is 9.99. The van der Waals surface area contributed by atoms with Gasteiger partial charge in [-0.1, -0.05) is 0 Å². The van der Waals surface area contributed by atoms with Gasteiger partial charge in [0, 0.05) is 30.0 Å². The second kappa shape index (κ2) is 8.22. The van der Waals surface area contributed by atoms with E-state index in [9.17, 15) is 12.8 Å². The van der Waals surface area contributed by atoms with Gasteiger partial charge in [0.05, 0.1) is 22.7 Å². The summed E-state index contributed by atoms with van der Waals surface area (Å²) in [5.41, 5.74) is 1.71. The van der Waals surface area contributed by atoms with Gasteiger partial charge in [-0.05, 0) is 61.4 Å².